The Labute approximate surface area is 214 Å². The summed E-state index contributed by atoms with van der Waals surface area (Å²) in [4.78, 5) is 25.3. The van der Waals surface area contributed by atoms with Crippen molar-refractivity contribution in [2.75, 3.05) is 11.1 Å². The molecule has 7 nitrogen and oxygen atoms in total. The number of aromatic nitrogens is 3. The fourth-order valence-corrected chi connectivity index (χ4v) is 4.70. The maximum Gasteiger partial charge on any atom is 0.251 e. The number of carbonyl (C=O) groups is 2. The van der Waals surface area contributed by atoms with Crippen LogP contribution >= 0.6 is 43.6 Å². The molecule has 3 rings (SSSR count). The van der Waals surface area contributed by atoms with Crippen LogP contribution in [0.25, 0.3) is 0 Å². The van der Waals surface area contributed by atoms with Crippen molar-refractivity contribution >= 4 is 61.1 Å². The topological polar surface area (TPSA) is 88.9 Å². The number of amides is 2. The summed E-state index contributed by atoms with van der Waals surface area (Å²) in [5, 5.41) is 15.3. The smallest absolute Gasteiger partial charge is 0.251 e. The van der Waals surface area contributed by atoms with Gasteiger partial charge in [-0.2, -0.15) is 0 Å². The summed E-state index contributed by atoms with van der Waals surface area (Å²) in [6.07, 6.45) is 0. The number of hydrogen-bond donors (Lipinski definition) is 2. The first-order valence-electron chi connectivity index (χ1n) is 10.5. The SMILES string of the molecule is CCn1c(SCC(=O)Nc2cc(Br)ccc2Br)nnc1[C@H](NC(=O)c1ccccc1)C(C)C. The molecule has 3 aromatic rings. The molecule has 174 valence electrons. The maximum absolute atomic E-state index is 12.7. The van der Waals surface area contributed by atoms with Crippen molar-refractivity contribution in [2.45, 2.75) is 38.5 Å². The molecular weight excluding hydrogens is 570 g/mol. The van der Waals surface area contributed by atoms with Crippen LogP contribution in [0, 0.1) is 5.92 Å². The van der Waals surface area contributed by atoms with Crippen molar-refractivity contribution in [3.8, 4) is 0 Å². The summed E-state index contributed by atoms with van der Waals surface area (Å²) in [5.74, 6) is 0.647. The van der Waals surface area contributed by atoms with Crippen LogP contribution in [0.2, 0.25) is 0 Å². The summed E-state index contributed by atoms with van der Waals surface area (Å²) in [7, 11) is 0. The van der Waals surface area contributed by atoms with Gasteiger partial charge in [0.15, 0.2) is 11.0 Å². The van der Waals surface area contributed by atoms with Crippen molar-refractivity contribution in [1.82, 2.24) is 20.1 Å². The van der Waals surface area contributed by atoms with Gasteiger partial charge >= 0.3 is 0 Å². The zero-order valence-electron chi connectivity index (χ0n) is 18.5. The molecule has 0 aliphatic heterocycles. The van der Waals surface area contributed by atoms with Gasteiger partial charge in [-0.15, -0.1) is 10.2 Å². The molecule has 0 spiro atoms. The molecule has 0 radical (unpaired) electrons. The van der Waals surface area contributed by atoms with Crippen molar-refractivity contribution in [3.63, 3.8) is 0 Å². The first-order valence-corrected chi connectivity index (χ1v) is 13.0. The molecule has 0 aliphatic carbocycles. The second kappa shape index (κ2) is 11.8. The number of halogens is 2. The van der Waals surface area contributed by atoms with Gasteiger partial charge in [-0.3, -0.25) is 9.59 Å². The minimum absolute atomic E-state index is 0.0992. The van der Waals surface area contributed by atoms with Crippen molar-refractivity contribution in [2.24, 2.45) is 5.92 Å². The van der Waals surface area contributed by atoms with Gasteiger partial charge < -0.3 is 15.2 Å². The Bertz CT molecular complexity index is 1120. The largest absolute Gasteiger partial charge is 0.342 e. The van der Waals surface area contributed by atoms with Gasteiger partial charge in [-0.1, -0.05) is 59.7 Å². The van der Waals surface area contributed by atoms with E-state index in [9.17, 15) is 9.59 Å². The predicted octanol–water partition coefficient (Wildman–Crippen LogP) is 5.68. The van der Waals surface area contributed by atoms with E-state index in [1.165, 1.54) is 11.8 Å². The summed E-state index contributed by atoms with van der Waals surface area (Å²) in [6, 6.07) is 14.4. The van der Waals surface area contributed by atoms with E-state index < -0.39 is 0 Å². The van der Waals surface area contributed by atoms with Gasteiger partial charge in [-0.25, -0.2) is 0 Å². The van der Waals surface area contributed by atoms with Crippen LogP contribution in [0.15, 0.2) is 62.6 Å². The van der Waals surface area contributed by atoms with Crippen LogP contribution in [-0.2, 0) is 11.3 Å². The molecule has 10 heteroatoms. The Morgan fingerprint density at radius 2 is 1.82 bits per heavy atom. The fraction of sp³-hybridized carbons (Fsp3) is 0.304. The van der Waals surface area contributed by atoms with Gasteiger partial charge in [0.25, 0.3) is 5.91 Å². The van der Waals surface area contributed by atoms with Crippen molar-refractivity contribution < 1.29 is 9.59 Å². The van der Waals surface area contributed by atoms with Gasteiger partial charge in [0.2, 0.25) is 5.91 Å². The van der Waals surface area contributed by atoms with Gasteiger partial charge in [0.05, 0.1) is 17.5 Å². The average Bonchev–Trinajstić information content (AvgIpc) is 3.21. The molecule has 1 atom stereocenters. The van der Waals surface area contributed by atoms with E-state index in [2.05, 4.69) is 52.7 Å². The zero-order valence-corrected chi connectivity index (χ0v) is 22.5. The van der Waals surface area contributed by atoms with E-state index in [-0.39, 0.29) is 29.5 Å². The van der Waals surface area contributed by atoms with E-state index in [0.717, 1.165) is 8.95 Å². The molecule has 1 heterocycles. The lowest BCUT2D eigenvalue weighted by atomic mass is 10.0. The highest BCUT2D eigenvalue weighted by Gasteiger charge is 2.26. The summed E-state index contributed by atoms with van der Waals surface area (Å²) < 4.78 is 3.63. The molecule has 0 bridgehead atoms. The summed E-state index contributed by atoms with van der Waals surface area (Å²) >= 11 is 8.17. The quantitative estimate of drug-likeness (QED) is 0.311. The Hall–Kier alpha value is -2.17. The first-order chi connectivity index (χ1) is 15.8. The zero-order chi connectivity index (χ0) is 24.0. The number of carbonyl (C=O) groups excluding carboxylic acids is 2. The third kappa shape index (κ3) is 6.68. The Kier molecular flexibility index (Phi) is 9.10. The molecular formula is C23H25Br2N5O2S. The lowest BCUT2D eigenvalue weighted by Crippen LogP contribution is -2.33. The second-order valence-electron chi connectivity index (χ2n) is 7.61. The van der Waals surface area contributed by atoms with Crippen molar-refractivity contribution in [1.29, 1.82) is 0 Å². The van der Waals surface area contributed by atoms with E-state index >= 15 is 0 Å². The Morgan fingerprint density at radius 1 is 1.09 bits per heavy atom. The lowest BCUT2D eigenvalue weighted by Gasteiger charge is -2.22. The van der Waals surface area contributed by atoms with Crippen LogP contribution in [-0.4, -0.2) is 32.3 Å². The monoisotopic (exact) mass is 593 g/mol. The Morgan fingerprint density at radius 3 is 2.48 bits per heavy atom. The predicted molar refractivity (Wildman–Crippen MR) is 138 cm³/mol. The van der Waals surface area contributed by atoms with Crippen LogP contribution in [0.4, 0.5) is 5.69 Å². The molecule has 0 aliphatic rings. The van der Waals surface area contributed by atoms with E-state index in [4.69, 9.17) is 0 Å². The number of benzene rings is 2. The van der Waals surface area contributed by atoms with Crippen molar-refractivity contribution in [3.05, 3.63) is 68.9 Å². The molecule has 2 aromatic carbocycles. The summed E-state index contributed by atoms with van der Waals surface area (Å²) in [5.41, 5.74) is 1.28. The molecule has 1 aromatic heterocycles. The maximum atomic E-state index is 12.7. The van der Waals surface area contributed by atoms with E-state index in [1.807, 2.05) is 61.7 Å². The molecule has 0 fully saturated rings. The van der Waals surface area contributed by atoms with Gasteiger partial charge in [0.1, 0.15) is 0 Å². The molecule has 33 heavy (non-hydrogen) atoms. The molecule has 0 saturated carbocycles. The number of rotatable bonds is 9. The molecule has 0 saturated heterocycles. The molecule has 0 unspecified atom stereocenters. The van der Waals surface area contributed by atoms with Gasteiger partial charge in [-0.05, 0) is 59.1 Å². The average molecular weight is 595 g/mol. The standard InChI is InChI=1S/C23H25Br2N5O2S/c1-4-30-21(20(14(2)3)27-22(32)15-8-6-5-7-9-15)28-29-23(30)33-13-19(31)26-18-12-16(24)10-11-17(18)25/h5-12,14,20H,4,13H2,1-3H3,(H,26,31)(H,27,32)/t20-/m1/s1. The lowest BCUT2D eigenvalue weighted by molar-refractivity contribution is -0.113. The van der Waals surface area contributed by atoms with Crippen LogP contribution < -0.4 is 10.6 Å². The minimum atomic E-state index is -0.314. The van der Waals surface area contributed by atoms with Crippen LogP contribution in [0.1, 0.15) is 43.0 Å². The highest BCUT2D eigenvalue weighted by molar-refractivity contribution is 9.11. The number of thioether (sulfide) groups is 1. The Balaban J connectivity index is 1.71. The third-order valence-electron chi connectivity index (χ3n) is 4.86. The number of nitrogens with one attached hydrogen (secondary N) is 2. The number of nitrogens with zero attached hydrogens (tertiary/aromatic N) is 3. The number of hydrogen-bond acceptors (Lipinski definition) is 5. The van der Waals surface area contributed by atoms with E-state index in [1.54, 1.807) is 12.1 Å². The normalized spacial score (nSPS) is 11.9. The molecule has 2 amide bonds. The fourth-order valence-electron chi connectivity index (χ4n) is 3.19. The van der Waals surface area contributed by atoms with E-state index in [0.29, 0.717) is 28.8 Å². The first kappa shape index (κ1) is 25.5. The highest BCUT2D eigenvalue weighted by atomic mass is 79.9. The number of anilines is 1. The summed E-state index contributed by atoms with van der Waals surface area (Å²) in [6.45, 7) is 6.67. The van der Waals surface area contributed by atoms with Gasteiger partial charge in [0, 0.05) is 21.1 Å². The highest BCUT2D eigenvalue weighted by Crippen LogP contribution is 2.28. The van der Waals surface area contributed by atoms with Crippen LogP contribution in [0.5, 0.6) is 0 Å². The minimum Gasteiger partial charge on any atom is -0.342 e. The third-order valence-corrected chi connectivity index (χ3v) is 7.02. The second-order valence-corrected chi connectivity index (χ2v) is 10.3. The van der Waals surface area contributed by atoms with Crippen LogP contribution in [0.3, 0.4) is 0 Å². The molecule has 2 N–H and O–H groups in total.